The first kappa shape index (κ1) is 12.4. The van der Waals surface area contributed by atoms with Crippen molar-refractivity contribution in [1.29, 1.82) is 0 Å². The number of aliphatic hydroxyl groups is 1. The molecule has 3 N–H and O–H groups in total. The number of hydrogen-bond donors (Lipinski definition) is 2. The molecular formula is C12H14FN3O2. The van der Waals surface area contributed by atoms with Crippen LogP contribution in [-0.4, -0.2) is 22.0 Å². The summed E-state index contributed by atoms with van der Waals surface area (Å²) in [6, 6.07) is 3.94. The number of aliphatic hydroxyl groups excluding tert-OH is 1. The lowest BCUT2D eigenvalue weighted by atomic mass is 10.0. The largest absolute Gasteiger partial charge is 0.496 e. The molecule has 96 valence electrons. The van der Waals surface area contributed by atoms with Crippen LogP contribution >= 0.6 is 0 Å². The highest BCUT2D eigenvalue weighted by molar-refractivity contribution is 5.48. The fourth-order valence-electron chi connectivity index (χ4n) is 1.76. The number of methoxy groups -OCH3 is 1. The van der Waals surface area contributed by atoms with Gasteiger partial charge in [0.2, 0.25) is 0 Å². The second-order valence-corrected chi connectivity index (χ2v) is 3.90. The highest BCUT2D eigenvalue weighted by Gasteiger charge is 2.20. The zero-order chi connectivity index (χ0) is 13.3. The van der Waals surface area contributed by atoms with Crippen LogP contribution in [0.2, 0.25) is 0 Å². The summed E-state index contributed by atoms with van der Waals surface area (Å²) in [5.74, 6) is 0.272. The van der Waals surface area contributed by atoms with E-state index in [2.05, 4.69) is 5.10 Å². The Bertz CT molecular complexity index is 568. The van der Waals surface area contributed by atoms with Gasteiger partial charge in [-0.1, -0.05) is 0 Å². The number of anilines is 1. The maximum atomic E-state index is 13.2. The molecule has 5 nitrogen and oxygen atoms in total. The number of benzene rings is 1. The number of nitrogens with two attached hydrogens (primary N) is 1. The summed E-state index contributed by atoms with van der Waals surface area (Å²) in [4.78, 5) is 0. The number of nitrogen functional groups attached to an aromatic ring is 1. The van der Waals surface area contributed by atoms with Gasteiger partial charge in [-0.3, -0.25) is 4.68 Å². The van der Waals surface area contributed by atoms with Gasteiger partial charge in [0.05, 0.1) is 13.3 Å². The third kappa shape index (κ3) is 2.02. The number of nitrogens with zero attached hydrogens (tertiary/aromatic N) is 2. The predicted molar refractivity (Wildman–Crippen MR) is 64.6 cm³/mol. The lowest BCUT2D eigenvalue weighted by molar-refractivity contribution is 0.215. The van der Waals surface area contributed by atoms with Gasteiger partial charge >= 0.3 is 0 Å². The van der Waals surface area contributed by atoms with Crippen molar-refractivity contribution < 1.29 is 14.2 Å². The smallest absolute Gasteiger partial charge is 0.127 e. The molecule has 0 aliphatic carbocycles. The first-order valence-electron chi connectivity index (χ1n) is 5.33. The van der Waals surface area contributed by atoms with Gasteiger partial charge in [-0.2, -0.15) is 5.10 Å². The van der Waals surface area contributed by atoms with Crippen LogP contribution in [0.4, 0.5) is 10.2 Å². The Hall–Kier alpha value is -2.08. The van der Waals surface area contributed by atoms with Crippen LogP contribution < -0.4 is 10.5 Å². The van der Waals surface area contributed by atoms with Crippen LogP contribution in [0.25, 0.3) is 0 Å². The fourth-order valence-corrected chi connectivity index (χ4v) is 1.76. The Morgan fingerprint density at radius 1 is 1.44 bits per heavy atom. The number of hydrogen-bond acceptors (Lipinski definition) is 4. The van der Waals surface area contributed by atoms with E-state index in [4.69, 9.17) is 10.5 Å². The summed E-state index contributed by atoms with van der Waals surface area (Å²) in [5.41, 5.74) is 6.51. The second kappa shape index (κ2) is 4.66. The van der Waals surface area contributed by atoms with Gasteiger partial charge in [-0.15, -0.1) is 0 Å². The summed E-state index contributed by atoms with van der Waals surface area (Å²) in [6.07, 6.45) is 0.369. The van der Waals surface area contributed by atoms with Gasteiger partial charge < -0.3 is 15.6 Å². The van der Waals surface area contributed by atoms with Crippen molar-refractivity contribution in [2.24, 2.45) is 7.05 Å². The molecule has 1 atom stereocenters. The summed E-state index contributed by atoms with van der Waals surface area (Å²) in [7, 11) is 3.12. The maximum Gasteiger partial charge on any atom is 0.127 e. The highest BCUT2D eigenvalue weighted by Crippen LogP contribution is 2.32. The number of aromatic nitrogens is 2. The van der Waals surface area contributed by atoms with E-state index >= 15 is 0 Å². The van der Waals surface area contributed by atoms with Crippen molar-refractivity contribution in [3.63, 3.8) is 0 Å². The topological polar surface area (TPSA) is 73.3 Å². The molecule has 0 spiro atoms. The summed E-state index contributed by atoms with van der Waals surface area (Å²) >= 11 is 0. The molecule has 0 saturated carbocycles. The molecule has 0 radical (unpaired) electrons. The Labute approximate surface area is 104 Å². The molecule has 0 saturated heterocycles. The van der Waals surface area contributed by atoms with Crippen LogP contribution in [0.3, 0.4) is 0 Å². The Balaban J connectivity index is 2.48. The third-order valence-corrected chi connectivity index (χ3v) is 2.80. The number of rotatable bonds is 3. The average molecular weight is 251 g/mol. The van der Waals surface area contributed by atoms with E-state index in [9.17, 15) is 9.50 Å². The quantitative estimate of drug-likeness (QED) is 0.860. The Morgan fingerprint density at radius 3 is 2.72 bits per heavy atom. The van der Waals surface area contributed by atoms with E-state index < -0.39 is 11.9 Å². The van der Waals surface area contributed by atoms with Crippen LogP contribution in [0, 0.1) is 5.82 Å². The molecule has 0 aliphatic rings. The van der Waals surface area contributed by atoms with Crippen molar-refractivity contribution >= 4 is 5.82 Å². The van der Waals surface area contributed by atoms with Gasteiger partial charge in [0.15, 0.2) is 0 Å². The molecule has 6 heteroatoms. The molecule has 0 bridgehead atoms. The normalized spacial score (nSPS) is 12.4. The lowest BCUT2D eigenvalue weighted by Gasteiger charge is -2.14. The zero-order valence-corrected chi connectivity index (χ0v) is 10.1. The lowest BCUT2D eigenvalue weighted by Crippen LogP contribution is -2.06. The minimum absolute atomic E-state index is 0.317. The molecule has 0 fully saturated rings. The minimum Gasteiger partial charge on any atom is -0.496 e. The van der Waals surface area contributed by atoms with Gasteiger partial charge in [0, 0.05) is 18.2 Å². The van der Waals surface area contributed by atoms with Crippen LogP contribution in [0.15, 0.2) is 24.4 Å². The minimum atomic E-state index is -1.08. The zero-order valence-electron chi connectivity index (χ0n) is 10.1. The summed E-state index contributed by atoms with van der Waals surface area (Å²) in [5, 5.41) is 14.2. The van der Waals surface area contributed by atoms with E-state index in [0.717, 1.165) is 0 Å². The van der Waals surface area contributed by atoms with Crippen molar-refractivity contribution in [3.8, 4) is 5.75 Å². The third-order valence-electron chi connectivity index (χ3n) is 2.80. The van der Waals surface area contributed by atoms with Crippen LogP contribution in [0.1, 0.15) is 17.2 Å². The van der Waals surface area contributed by atoms with E-state index in [1.165, 1.54) is 36.2 Å². The van der Waals surface area contributed by atoms with Crippen molar-refractivity contribution in [3.05, 3.63) is 41.3 Å². The van der Waals surface area contributed by atoms with E-state index in [-0.39, 0.29) is 0 Å². The highest BCUT2D eigenvalue weighted by atomic mass is 19.1. The maximum absolute atomic E-state index is 13.2. The van der Waals surface area contributed by atoms with Gasteiger partial charge in [0.25, 0.3) is 0 Å². The van der Waals surface area contributed by atoms with E-state index in [1.807, 2.05) is 0 Å². The average Bonchev–Trinajstić information content (AvgIpc) is 2.69. The van der Waals surface area contributed by atoms with Crippen LogP contribution in [0.5, 0.6) is 5.75 Å². The first-order chi connectivity index (χ1) is 8.54. The molecule has 2 aromatic rings. The molecule has 1 unspecified atom stereocenters. The Kier molecular flexibility index (Phi) is 3.20. The van der Waals surface area contributed by atoms with Crippen molar-refractivity contribution in [2.75, 3.05) is 12.8 Å². The molecule has 2 rings (SSSR count). The van der Waals surface area contributed by atoms with E-state index in [1.54, 1.807) is 7.05 Å². The number of aryl methyl sites for hydroxylation is 1. The van der Waals surface area contributed by atoms with Crippen molar-refractivity contribution in [2.45, 2.75) is 6.10 Å². The molecule has 18 heavy (non-hydrogen) atoms. The SMILES string of the molecule is COc1ccc(F)cc1C(O)c1cnn(C)c1N. The molecule has 0 amide bonds. The van der Waals surface area contributed by atoms with Gasteiger partial charge in [0.1, 0.15) is 23.5 Å². The molecule has 1 heterocycles. The predicted octanol–water partition coefficient (Wildman–Crippen LogP) is 1.23. The molecule has 1 aromatic heterocycles. The number of ether oxygens (including phenoxy) is 1. The first-order valence-corrected chi connectivity index (χ1v) is 5.33. The number of halogens is 1. The van der Waals surface area contributed by atoms with Crippen LogP contribution in [-0.2, 0) is 7.05 Å². The van der Waals surface area contributed by atoms with E-state index in [0.29, 0.717) is 22.7 Å². The fraction of sp³-hybridized carbons (Fsp3) is 0.250. The molecule has 0 aliphatic heterocycles. The van der Waals surface area contributed by atoms with Gasteiger partial charge in [-0.25, -0.2) is 4.39 Å². The summed E-state index contributed by atoms with van der Waals surface area (Å²) < 4.78 is 19.8. The molecule has 1 aromatic carbocycles. The second-order valence-electron chi connectivity index (χ2n) is 3.90. The van der Waals surface area contributed by atoms with Gasteiger partial charge in [-0.05, 0) is 18.2 Å². The standard InChI is InChI=1S/C12H14FN3O2/c1-16-12(14)9(6-15-16)11(17)8-5-7(13)3-4-10(8)18-2/h3-6,11,17H,14H2,1-2H3. The monoisotopic (exact) mass is 251 g/mol. The Morgan fingerprint density at radius 2 is 2.17 bits per heavy atom. The summed E-state index contributed by atoms with van der Waals surface area (Å²) in [6.45, 7) is 0. The molecular weight excluding hydrogens is 237 g/mol. The van der Waals surface area contributed by atoms with Crippen molar-refractivity contribution in [1.82, 2.24) is 9.78 Å².